The van der Waals surface area contributed by atoms with Crippen LogP contribution >= 0.6 is 11.8 Å². The molecule has 144 valence electrons. The van der Waals surface area contributed by atoms with Gasteiger partial charge in [-0.25, -0.2) is 0 Å². The summed E-state index contributed by atoms with van der Waals surface area (Å²) >= 11 is 1.66. The zero-order valence-electron chi connectivity index (χ0n) is 15.9. The van der Waals surface area contributed by atoms with Crippen LogP contribution in [0.3, 0.4) is 0 Å². The van der Waals surface area contributed by atoms with Gasteiger partial charge in [-0.05, 0) is 35.1 Å². The van der Waals surface area contributed by atoms with Gasteiger partial charge in [-0.3, -0.25) is 10.1 Å². The minimum atomic E-state index is -0.832. The number of hydrogen-bond donors (Lipinski definition) is 2. The lowest BCUT2D eigenvalue weighted by Crippen LogP contribution is -2.52. The topological polar surface area (TPSA) is 49.3 Å². The summed E-state index contributed by atoms with van der Waals surface area (Å²) in [4.78, 5) is 12.1. The Labute approximate surface area is 170 Å². The molecule has 0 bridgehead atoms. The van der Waals surface area contributed by atoms with Gasteiger partial charge in [-0.1, -0.05) is 91.0 Å². The summed E-state index contributed by atoms with van der Waals surface area (Å²) in [6.45, 7) is 0. The predicted octanol–water partition coefficient (Wildman–Crippen LogP) is 4.77. The number of aliphatic carboxylic acids is 1. The average molecular weight is 392 g/mol. The molecule has 0 saturated carbocycles. The molecule has 0 radical (unpaired) electrons. The van der Waals surface area contributed by atoms with Crippen LogP contribution in [-0.4, -0.2) is 29.1 Å². The quantitative estimate of drug-likeness (QED) is 0.516. The van der Waals surface area contributed by atoms with Crippen LogP contribution in [0.5, 0.6) is 0 Å². The summed E-state index contributed by atoms with van der Waals surface area (Å²) < 4.78 is 0. The van der Waals surface area contributed by atoms with Crippen molar-refractivity contribution < 1.29 is 9.90 Å². The van der Waals surface area contributed by atoms with E-state index in [2.05, 4.69) is 41.7 Å². The average Bonchev–Trinajstić information content (AvgIpc) is 2.76. The summed E-state index contributed by atoms with van der Waals surface area (Å²) in [6.07, 6.45) is 2.54. The van der Waals surface area contributed by atoms with Crippen molar-refractivity contribution in [3.8, 4) is 0 Å². The molecule has 3 aromatic carbocycles. The first-order valence-corrected chi connectivity index (χ1v) is 10.7. The maximum absolute atomic E-state index is 12.1. The standard InChI is InChI=1S/C24H25NO2S/c1-28-18-17-22(23(26)27)25-24(19-11-5-2-6-12-19,20-13-7-3-8-14-20)21-15-9-4-10-16-21/h2-16,22,25H,17-18H2,1H3,(H,26,27)/t22-/m0/s1. The maximum Gasteiger partial charge on any atom is 0.320 e. The van der Waals surface area contributed by atoms with E-state index in [1.807, 2.05) is 60.9 Å². The molecule has 0 fully saturated rings. The van der Waals surface area contributed by atoms with Gasteiger partial charge in [-0.15, -0.1) is 0 Å². The van der Waals surface area contributed by atoms with E-state index in [0.717, 1.165) is 22.4 Å². The lowest BCUT2D eigenvalue weighted by molar-refractivity contribution is -0.139. The zero-order chi connectivity index (χ0) is 19.8. The highest BCUT2D eigenvalue weighted by Crippen LogP contribution is 2.37. The van der Waals surface area contributed by atoms with Crippen molar-refractivity contribution in [3.05, 3.63) is 108 Å². The molecule has 28 heavy (non-hydrogen) atoms. The van der Waals surface area contributed by atoms with Gasteiger partial charge in [-0.2, -0.15) is 11.8 Å². The highest BCUT2D eigenvalue weighted by Gasteiger charge is 2.39. The molecule has 0 spiro atoms. The number of nitrogens with one attached hydrogen (secondary N) is 1. The summed E-state index contributed by atoms with van der Waals surface area (Å²) in [5.74, 6) is -0.0560. The molecule has 0 heterocycles. The lowest BCUT2D eigenvalue weighted by atomic mass is 9.76. The minimum absolute atomic E-state index is 0.546. The van der Waals surface area contributed by atoms with E-state index in [0.29, 0.717) is 6.42 Å². The second kappa shape index (κ2) is 9.58. The van der Waals surface area contributed by atoms with E-state index in [4.69, 9.17) is 0 Å². The monoisotopic (exact) mass is 391 g/mol. The molecular weight excluding hydrogens is 366 g/mol. The third-order valence-corrected chi connectivity index (χ3v) is 5.56. The first-order valence-electron chi connectivity index (χ1n) is 9.34. The Balaban J connectivity index is 2.23. The molecule has 2 N–H and O–H groups in total. The Hall–Kier alpha value is -2.56. The first-order chi connectivity index (χ1) is 13.7. The van der Waals surface area contributed by atoms with Crippen molar-refractivity contribution in [2.75, 3.05) is 12.0 Å². The largest absolute Gasteiger partial charge is 0.480 e. The van der Waals surface area contributed by atoms with E-state index in [-0.39, 0.29) is 0 Å². The van der Waals surface area contributed by atoms with Crippen LogP contribution in [0.4, 0.5) is 0 Å². The Kier molecular flexibility index (Phi) is 6.90. The second-order valence-corrected chi connectivity index (χ2v) is 7.65. The summed E-state index contributed by atoms with van der Waals surface area (Å²) in [5, 5.41) is 13.5. The van der Waals surface area contributed by atoms with Gasteiger partial charge in [0.05, 0.1) is 5.54 Å². The van der Waals surface area contributed by atoms with Gasteiger partial charge < -0.3 is 5.11 Å². The van der Waals surface area contributed by atoms with Gasteiger partial charge in [0, 0.05) is 0 Å². The highest BCUT2D eigenvalue weighted by molar-refractivity contribution is 7.98. The van der Waals surface area contributed by atoms with E-state index < -0.39 is 17.6 Å². The molecule has 0 aliphatic rings. The molecule has 3 aromatic rings. The van der Waals surface area contributed by atoms with Crippen LogP contribution in [0, 0.1) is 0 Å². The normalized spacial score (nSPS) is 12.5. The molecule has 3 nitrogen and oxygen atoms in total. The zero-order valence-corrected chi connectivity index (χ0v) is 16.7. The molecule has 4 heteroatoms. The molecule has 0 saturated heterocycles. The maximum atomic E-state index is 12.1. The fourth-order valence-electron chi connectivity index (χ4n) is 3.57. The predicted molar refractivity (Wildman–Crippen MR) is 117 cm³/mol. The fourth-order valence-corrected chi connectivity index (χ4v) is 4.04. The van der Waals surface area contributed by atoms with E-state index in [1.54, 1.807) is 11.8 Å². The van der Waals surface area contributed by atoms with Crippen molar-refractivity contribution in [1.29, 1.82) is 0 Å². The van der Waals surface area contributed by atoms with Gasteiger partial charge >= 0.3 is 5.97 Å². The number of carboxylic acid groups (broad SMARTS) is 1. The molecule has 0 aliphatic heterocycles. The Morgan fingerprint density at radius 3 is 1.57 bits per heavy atom. The van der Waals surface area contributed by atoms with Gasteiger partial charge in [0.2, 0.25) is 0 Å². The van der Waals surface area contributed by atoms with E-state index in [9.17, 15) is 9.90 Å². The Bertz CT molecular complexity index is 772. The highest BCUT2D eigenvalue weighted by atomic mass is 32.2. The summed E-state index contributed by atoms with van der Waals surface area (Å²) in [7, 11) is 0. The van der Waals surface area contributed by atoms with Crippen molar-refractivity contribution in [2.45, 2.75) is 18.0 Å². The molecule has 0 aliphatic carbocycles. The van der Waals surface area contributed by atoms with Gasteiger partial charge in [0.25, 0.3) is 0 Å². The first kappa shape index (κ1) is 20.2. The van der Waals surface area contributed by atoms with Crippen molar-refractivity contribution in [1.82, 2.24) is 5.32 Å². The number of rotatable bonds is 9. The van der Waals surface area contributed by atoms with Crippen molar-refractivity contribution in [2.24, 2.45) is 0 Å². The van der Waals surface area contributed by atoms with Crippen LogP contribution in [0.2, 0.25) is 0 Å². The van der Waals surface area contributed by atoms with Crippen LogP contribution in [0.25, 0.3) is 0 Å². The third kappa shape index (κ3) is 4.29. The fraction of sp³-hybridized carbons (Fsp3) is 0.208. The summed E-state index contributed by atoms with van der Waals surface area (Å²) in [6, 6.07) is 29.6. The number of carboxylic acids is 1. The molecule has 0 amide bonds. The van der Waals surface area contributed by atoms with Crippen molar-refractivity contribution >= 4 is 17.7 Å². The molecular formula is C24H25NO2S. The molecule has 1 atom stereocenters. The van der Waals surface area contributed by atoms with Crippen LogP contribution in [0.15, 0.2) is 91.0 Å². The third-order valence-electron chi connectivity index (χ3n) is 4.92. The second-order valence-electron chi connectivity index (χ2n) is 6.66. The Morgan fingerprint density at radius 2 is 1.25 bits per heavy atom. The minimum Gasteiger partial charge on any atom is -0.480 e. The number of thioether (sulfide) groups is 1. The van der Waals surface area contributed by atoms with Gasteiger partial charge in [0.15, 0.2) is 0 Å². The smallest absolute Gasteiger partial charge is 0.320 e. The number of carbonyl (C=O) groups is 1. The molecule has 0 unspecified atom stereocenters. The van der Waals surface area contributed by atoms with Gasteiger partial charge in [0.1, 0.15) is 6.04 Å². The number of benzene rings is 3. The van der Waals surface area contributed by atoms with E-state index >= 15 is 0 Å². The van der Waals surface area contributed by atoms with Crippen LogP contribution in [-0.2, 0) is 10.3 Å². The van der Waals surface area contributed by atoms with Crippen LogP contribution < -0.4 is 5.32 Å². The number of hydrogen-bond acceptors (Lipinski definition) is 3. The molecule has 0 aromatic heterocycles. The van der Waals surface area contributed by atoms with Crippen LogP contribution in [0.1, 0.15) is 23.1 Å². The van der Waals surface area contributed by atoms with Crippen molar-refractivity contribution in [3.63, 3.8) is 0 Å². The SMILES string of the molecule is CSCC[C@H](NC(c1ccccc1)(c1ccccc1)c1ccccc1)C(=O)O. The summed E-state index contributed by atoms with van der Waals surface area (Å²) in [5.41, 5.74) is 2.29. The molecule has 3 rings (SSSR count). The van der Waals surface area contributed by atoms with E-state index in [1.165, 1.54) is 0 Å². The lowest BCUT2D eigenvalue weighted by Gasteiger charge is -2.39. The Morgan fingerprint density at radius 1 is 0.857 bits per heavy atom.